The Morgan fingerprint density at radius 3 is 2.50 bits per heavy atom. The Morgan fingerprint density at radius 2 is 1.85 bits per heavy atom. The summed E-state index contributed by atoms with van der Waals surface area (Å²) in [5.74, 6) is 0.975. The number of halogens is 3. The standard InChI is InChI=1S/C13H8BrCl2NO3/c14-13-10(17(18)19)4-2-6-12(13)20-11-5-1-3-9(16)8(11)7-15/h1-6H,7H2. The quantitative estimate of drug-likeness (QED) is 0.399. The fourth-order valence-electron chi connectivity index (χ4n) is 1.60. The van der Waals surface area contributed by atoms with E-state index in [0.29, 0.717) is 22.1 Å². The van der Waals surface area contributed by atoms with Gasteiger partial charge in [0.1, 0.15) is 16.0 Å². The second-order valence-corrected chi connectivity index (χ2v) is 5.27. The smallest absolute Gasteiger partial charge is 0.287 e. The summed E-state index contributed by atoms with van der Waals surface area (Å²) in [6.45, 7) is 0. The van der Waals surface area contributed by atoms with Gasteiger partial charge in [0, 0.05) is 16.7 Å². The summed E-state index contributed by atoms with van der Waals surface area (Å²) in [5.41, 5.74) is 0.561. The molecule has 0 saturated carbocycles. The zero-order valence-corrected chi connectivity index (χ0v) is 13.1. The summed E-state index contributed by atoms with van der Waals surface area (Å²) in [7, 11) is 0. The van der Waals surface area contributed by atoms with E-state index in [-0.39, 0.29) is 16.0 Å². The predicted molar refractivity (Wildman–Crippen MR) is 81.9 cm³/mol. The lowest BCUT2D eigenvalue weighted by molar-refractivity contribution is -0.385. The third kappa shape index (κ3) is 3.06. The molecule has 7 heteroatoms. The van der Waals surface area contributed by atoms with E-state index in [9.17, 15) is 10.1 Å². The van der Waals surface area contributed by atoms with Gasteiger partial charge >= 0.3 is 0 Å². The van der Waals surface area contributed by atoms with Crippen molar-refractivity contribution in [1.29, 1.82) is 0 Å². The van der Waals surface area contributed by atoms with E-state index in [0.717, 1.165) is 0 Å². The number of benzene rings is 2. The lowest BCUT2D eigenvalue weighted by atomic mass is 10.2. The van der Waals surface area contributed by atoms with E-state index >= 15 is 0 Å². The van der Waals surface area contributed by atoms with Crippen molar-refractivity contribution >= 4 is 44.8 Å². The van der Waals surface area contributed by atoms with Crippen LogP contribution in [0.4, 0.5) is 5.69 Å². The highest BCUT2D eigenvalue weighted by atomic mass is 79.9. The highest BCUT2D eigenvalue weighted by molar-refractivity contribution is 9.10. The second kappa shape index (κ2) is 6.43. The Labute approximate surface area is 133 Å². The van der Waals surface area contributed by atoms with Gasteiger partial charge in [0.25, 0.3) is 5.69 Å². The Bertz CT molecular complexity index is 664. The number of hydrogen-bond acceptors (Lipinski definition) is 3. The summed E-state index contributed by atoms with van der Waals surface area (Å²) in [6.07, 6.45) is 0. The average molecular weight is 377 g/mol. The van der Waals surface area contributed by atoms with Crippen LogP contribution in [0.3, 0.4) is 0 Å². The molecule has 0 aliphatic carbocycles. The molecule has 0 aliphatic rings. The number of nitrogens with zero attached hydrogens (tertiary/aromatic N) is 1. The van der Waals surface area contributed by atoms with Gasteiger partial charge in [-0.1, -0.05) is 23.7 Å². The fourth-order valence-corrected chi connectivity index (χ4v) is 2.67. The number of nitro groups is 1. The minimum absolute atomic E-state index is 0.0723. The summed E-state index contributed by atoms with van der Waals surface area (Å²) < 4.78 is 5.95. The van der Waals surface area contributed by atoms with E-state index in [1.165, 1.54) is 6.07 Å². The number of ether oxygens (including phenoxy) is 1. The Kier molecular flexibility index (Phi) is 4.86. The first-order valence-electron chi connectivity index (χ1n) is 5.48. The summed E-state index contributed by atoms with van der Waals surface area (Å²) >= 11 is 15.0. The maximum absolute atomic E-state index is 10.9. The van der Waals surface area contributed by atoms with Gasteiger partial charge in [-0.05, 0) is 34.1 Å². The van der Waals surface area contributed by atoms with E-state index in [2.05, 4.69) is 15.9 Å². The first-order chi connectivity index (χ1) is 9.54. The summed E-state index contributed by atoms with van der Waals surface area (Å²) in [5, 5.41) is 11.4. The number of hydrogen-bond donors (Lipinski definition) is 0. The van der Waals surface area contributed by atoms with Crippen LogP contribution in [-0.2, 0) is 5.88 Å². The molecule has 0 aliphatic heterocycles. The van der Waals surface area contributed by atoms with Gasteiger partial charge in [-0.15, -0.1) is 11.6 Å². The molecule has 2 aromatic rings. The molecule has 0 N–H and O–H groups in total. The molecule has 0 amide bonds. The van der Waals surface area contributed by atoms with Crippen LogP contribution >= 0.6 is 39.1 Å². The van der Waals surface area contributed by atoms with Crippen LogP contribution in [0.2, 0.25) is 5.02 Å². The minimum atomic E-state index is -0.489. The molecule has 2 aromatic carbocycles. The Balaban J connectivity index is 2.43. The van der Waals surface area contributed by atoms with Crippen molar-refractivity contribution in [2.45, 2.75) is 5.88 Å². The van der Waals surface area contributed by atoms with E-state index < -0.39 is 4.92 Å². The van der Waals surface area contributed by atoms with Crippen molar-refractivity contribution < 1.29 is 9.66 Å². The van der Waals surface area contributed by atoms with E-state index in [4.69, 9.17) is 27.9 Å². The molecular formula is C13H8BrCl2NO3. The predicted octanol–water partition coefficient (Wildman–Crippen LogP) is 5.54. The third-order valence-corrected chi connectivity index (χ3v) is 3.99. The molecule has 20 heavy (non-hydrogen) atoms. The van der Waals surface area contributed by atoms with Crippen molar-refractivity contribution in [2.24, 2.45) is 0 Å². The van der Waals surface area contributed by atoms with Gasteiger partial charge in [-0.3, -0.25) is 10.1 Å². The molecule has 0 fully saturated rings. The molecule has 4 nitrogen and oxygen atoms in total. The molecular weight excluding hydrogens is 369 g/mol. The van der Waals surface area contributed by atoms with Gasteiger partial charge in [0.15, 0.2) is 0 Å². The van der Waals surface area contributed by atoms with Crippen LogP contribution in [0.25, 0.3) is 0 Å². The van der Waals surface area contributed by atoms with Crippen LogP contribution in [0.5, 0.6) is 11.5 Å². The number of rotatable bonds is 4. The van der Waals surface area contributed by atoms with E-state index in [1.54, 1.807) is 30.3 Å². The van der Waals surface area contributed by atoms with Crippen LogP contribution in [0, 0.1) is 10.1 Å². The first-order valence-corrected chi connectivity index (χ1v) is 7.19. The molecule has 0 saturated heterocycles. The van der Waals surface area contributed by atoms with Crippen molar-refractivity contribution in [3.05, 3.63) is 61.6 Å². The molecule has 0 aromatic heterocycles. The zero-order valence-electron chi connectivity index (χ0n) is 9.98. The molecule has 0 heterocycles. The monoisotopic (exact) mass is 375 g/mol. The Hall–Kier alpha value is -1.30. The fraction of sp³-hybridized carbons (Fsp3) is 0.0769. The second-order valence-electron chi connectivity index (χ2n) is 3.80. The van der Waals surface area contributed by atoms with Crippen molar-refractivity contribution in [2.75, 3.05) is 0 Å². The average Bonchev–Trinajstić information content (AvgIpc) is 2.41. The molecule has 0 atom stereocenters. The molecule has 0 bridgehead atoms. The number of alkyl halides is 1. The lowest BCUT2D eigenvalue weighted by Crippen LogP contribution is -1.94. The van der Waals surface area contributed by atoms with Gasteiger partial charge in [0.05, 0.1) is 10.8 Å². The third-order valence-electron chi connectivity index (χ3n) is 2.57. The van der Waals surface area contributed by atoms with Crippen molar-refractivity contribution in [3.63, 3.8) is 0 Å². The van der Waals surface area contributed by atoms with Gasteiger partial charge < -0.3 is 4.74 Å². The summed E-state index contributed by atoms with van der Waals surface area (Å²) in [4.78, 5) is 10.4. The van der Waals surface area contributed by atoms with Crippen molar-refractivity contribution in [1.82, 2.24) is 0 Å². The van der Waals surface area contributed by atoms with E-state index in [1.807, 2.05) is 0 Å². The zero-order chi connectivity index (χ0) is 14.7. The normalized spacial score (nSPS) is 10.3. The highest BCUT2D eigenvalue weighted by Gasteiger charge is 2.17. The Morgan fingerprint density at radius 1 is 1.20 bits per heavy atom. The van der Waals surface area contributed by atoms with Gasteiger partial charge in [-0.2, -0.15) is 0 Å². The van der Waals surface area contributed by atoms with Gasteiger partial charge in [-0.25, -0.2) is 0 Å². The largest absolute Gasteiger partial charge is 0.456 e. The van der Waals surface area contributed by atoms with Crippen LogP contribution in [-0.4, -0.2) is 4.92 Å². The lowest BCUT2D eigenvalue weighted by Gasteiger charge is -2.12. The maximum atomic E-state index is 10.9. The molecule has 0 radical (unpaired) electrons. The van der Waals surface area contributed by atoms with Crippen molar-refractivity contribution in [3.8, 4) is 11.5 Å². The summed E-state index contributed by atoms with van der Waals surface area (Å²) in [6, 6.07) is 9.68. The molecule has 104 valence electrons. The maximum Gasteiger partial charge on any atom is 0.287 e. The minimum Gasteiger partial charge on any atom is -0.456 e. The van der Waals surface area contributed by atoms with Crippen LogP contribution < -0.4 is 4.74 Å². The van der Waals surface area contributed by atoms with Crippen LogP contribution in [0.15, 0.2) is 40.9 Å². The molecule has 0 unspecified atom stereocenters. The molecule has 2 rings (SSSR count). The SMILES string of the molecule is O=[N+]([O-])c1cccc(Oc2cccc(Cl)c2CCl)c1Br. The highest BCUT2D eigenvalue weighted by Crippen LogP contribution is 2.38. The van der Waals surface area contributed by atoms with Gasteiger partial charge in [0.2, 0.25) is 0 Å². The topological polar surface area (TPSA) is 52.4 Å². The van der Waals surface area contributed by atoms with Crippen LogP contribution in [0.1, 0.15) is 5.56 Å². The number of nitro benzene ring substituents is 1. The first kappa shape index (κ1) is 15.1. The molecule has 0 spiro atoms.